The Labute approximate surface area is 117 Å². The molecule has 1 fully saturated rings. The van der Waals surface area contributed by atoms with Crippen LogP contribution in [0.1, 0.15) is 60.3 Å². The molecule has 1 unspecified atom stereocenters. The summed E-state index contributed by atoms with van der Waals surface area (Å²) < 4.78 is 11.4. The summed E-state index contributed by atoms with van der Waals surface area (Å²) in [6.45, 7) is 11.0. The minimum absolute atomic E-state index is 0.0251. The van der Waals surface area contributed by atoms with Gasteiger partial charge in [0.15, 0.2) is 0 Å². The number of hydrogen-bond donors (Lipinski definition) is 1. The van der Waals surface area contributed by atoms with E-state index in [2.05, 4.69) is 19.2 Å². The summed E-state index contributed by atoms with van der Waals surface area (Å²) in [5.41, 5.74) is -0.329. The average Bonchev–Trinajstić information content (AvgIpc) is 2.36. The molecule has 1 aliphatic rings. The third kappa shape index (κ3) is 5.49. The molecular formula is C15H29NO3. The Morgan fingerprint density at radius 3 is 2.53 bits per heavy atom. The maximum atomic E-state index is 11.9. The standard InChI is InChI=1S/C15H29NO3/c1-6-15(7-2)10-12(8-9-18-15)16-13(17)11-19-14(3,4)5/h12H,6-11H2,1-5H3,(H,16,17). The lowest BCUT2D eigenvalue weighted by atomic mass is 9.86. The summed E-state index contributed by atoms with van der Waals surface area (Å²) in [5, 5.41) is 3.07. The summed E-state index contributed by atoms with van der Waals surface area (Å²) in [6.07, 6.45) is 3.78. The van der Waals surface area contributed by atoms with Crippen molar-refractivity contribution in [3.05, 3.63) is 0 Å². The Kier molecular flexibility index (Phi) is 5.81. The zero-order valence-electron chi connectivity index (χ0n) is 13.0. The largest absolute Gasteiger partial charge is 0.375 e. The van der Waals surface area contributed by atoms with Gasteiger partial charge in [0, 0.05) is 12.6 Å². The Balaban J connectivity index is 2.42. The van der Waals surface area contributed by atoms with Crippen LogP contribution >= 0.6 is 0 Å². The van der Waals surface area contributed by atoms with E-state index in [1.165, 1.54) is 0 Å². The Morgan fingerprint density at radius 2 is 2.00 bits per heavy atom. The average molecular weight is 271 g/mol. The molecule has 0 bridgehead atoms. The van der Waals surface area contributed by atoms with Gasteiger partial charge in [-0.15, -0.1) is 0 Å². The number of nitrogens with one attached hydrogen (secondary N) is 1. The van der Waals surface area contributed by atoms with E-state index in [-0.39, 0.29) is 29.8 Å². The lowest BCUT2D eigenvalue weighted by Gasteiger charge is -2.40. The number of hydrogen-bond acceptors (Lipinski definition) is 3. The van der Waals surface area contributed by atoms with Gasteiger partial charge in [-0.05, 0) is 46.5 Å². The molecule has 0 aromatic heterocycles. The molecule has 0 aliphatic carbocycles. The summed E-state index contributed by atoms with van der Waals surface area (Å²) in [6, 6.07) is 0.213. The van der Waals surface area contributed by atoms with E-state index in [1.54, 1.807) is 0 Å². The Bertz CT molecular complexity index is 292. The second-order valence-corrected chi connectivity index (χ2v) is 6.40. The highest BCUT2D eigenvalue weighted by Crippen LogP contribution is 2.31. The van der Waals surface area contributed by atoms with Crippen LogP contribution in [0.3, 0.4) is 0 Å². The van der Waals surface area contributed by atoms with Crippen LogP contribution in [0, 0.1) is 0 Å². The van der Waals surface area contributed by atoms with E-state index >= 15 is 0 Å². The topological polar surface area (TPSA) is 47.6 Å². The second kappa shape index (κ2) is 6.71. The number of rotatable bonds is 5. The quantitative estimate of drug-likeness (QED) is 0.836. The molecule has 1 N–H and O–H groups in total. The lowest BCUT2D eigenvalue weighted by molar-refractivity contribution is -0.134. The van der Waals surface area contributed by atoms with Crippen LogP contribution in [0.15, 0.2) is 0 Å². The summed E-state index contributed by atoms with van der Waals surface area (Å²) in [5.74, 6) is -0.0251. The zero-order chi connectivity index (χ0) is 14.5. The van der Waals surface area contributed by atoms with Crippen molar-refractivity contribution in [2.75, 3.05) is 13.2 Å². The van der Waals surface area contributed by atoms with E-state index in [9.17, 15) is 4.79 Å². The fraction of sp³-hybridized carbons (Fsp3) is 0.933. The number of carbonyl (C=O) groups excluding carboxylic acids is 1. The molecule has 0 radical (unpaired) electrons. The predicted molar refractivity (Wildman–Crippen MR) is 76.1 cm³/mol. The Hall–Kier alpha value is -0.610. The number of ether oxygens (including phenoxy) is 2. The van der Waals surface area contributed by atoms with Gasteiger partial charge in [-0.25, -0.2) is 0 Å². The first-order valence-corrected chi connectivity index (χ1v) is 7.37. The highest BCUT2D eigenvalue weighted by atomic mass is 16.5. The molecule has 1 amide bonds. The lowest BCUT2D eigenvalue weighted by Crippen LogP contribution is -2.49. The maximum absolute atomic E-state index is 11.9. The first-order chi connectivity index (χ1) is 8.80. The van der Waals surface area contributed by atoms with Crippen molar-refractivity contribution in [2.45, 2.75) is 77.5 Å². The molecule has 1 atom stereocenters. The van der Waals surface area contributed by atoms with Crippen molar-refractivity contribution in [2.24, 2.45) is 0 Å². The van der Waals surface area contributed by atoms with Crippen LogP contribution in [0.4, 0.5) is 0 Å². The molecule has 1 heterocycles. The van der Waals surface area contributed by atoms with E-state index in [0.29, 0.717) is 0 Å². The van der Waals surface area contributed by atoms with Crippen molar-refractivity contribution in [1.82, 2.24) is 5.32 Å². The third-order valence-electron chi connectivity index (χ3n) is 3.78. The molecule has 19 heavy (non-hydrogen) atoms. The van der Waals surface area contributed by atoms with E-state index in [4.69, 9.17) is 9.47 Å². The fourth-order valence-corrected chi connectivity index (χ4v) is 2.45. The minimum atomic E-state index is -0.274. The zero-order valence-corrected chi connectivity index (χ0v) is 13.0. The summed E-state index contributed by atoms with van der Waals surface area (Å²) >= 11 is 0. The molecule has 0 aromatic rings. The molecule has 4 heteroatoms. The second-order valence-electron chi connectivity index (χ2n) is 6.40. The molecule has 0 spiro atoms. The van der Waals surface area contributed by atoms with Crippen LogP contribution in [-0.4, -0.2) is 36.4 Å². The van der Waals surface area contributed by atoms with Crippen molar-refractivity contribution in [3.8, 4) is 0 Å². The number of amides is 1. The fourth-order valence-electron chi connectivity index (χ4n) is 2.45. The minimum Gasteiger partial charge on any atom is -0.375 e. The highest BCUT2D eigenvalue weighted by Gasteiger charge is 2.35. The Morgan fingerprint density at radius 1 is 1.37 bits per heavy atom. The first-order valence-electron chi connectivity index (χ1n) is 7.37. The number of carbonyl (C=O) groups is 1. The molecule has 1 rings (SSSR count). The molecule has 0 aromatic carbocycles. The van der Waals surface area contributed by atoms with Gasteiger partial charge >= 0.3 is 0 Å². The van der Waals surface area contributed by atoms with Crippen molar-refractivity contribution in [1.29, 1.82) is 0 Å². The highest BCUT2D eigenvalue weighted by molar-refractivity contribution is 5.77. The van der Waals surface area contributed by atoms with Crippen LogP contribution in [0.2, 0.25) is 0 Å². The van der Waals surface area contributed by atoms with Crippen molar-refractivity contribution in [3.63, 3.8) is 0 Å². The third-order valence-corrected chi connectivity index (χ3v) is 3.78. The first kappa shape index (κ1) is 16.4. The molecular weight excluding hydrogens is 242 g/mol. The molecule has 1 saturated heterocycles. The van der Waals surface area contributed by atoms with Crippen LogP contribution < -0.4 is 5.32 Å². The van der Waals surface area contributed by atoms with E-state index in [0.717, 1.165) is 32.3 Å². The van der Waals surface area contributed by atoms with Gasteiger partial charge in [-0.2, -0.15) is 0 Å². The SMILES string of the molecule is CCC1(CC)CC(NC(=O)COC(C)(C)C)CCO1. The summed E-state index contributed by atoms with van der Waals surface area (Å²) in [7, 11) is 0. The van der Waals surface area contributed by atoms with Gasteiger partial charge in [0.05, 0.1) is 11.2 Å². The normalized spacial score (nSPS) is 23.1. The molecule has 112 valence electrons. The molecule has 0 saturated carbocycles. The van der Waals surface area contributed by atoms with Crippen LogP contribution in [0.5, 0.6) is 0 Å². The smallest absolute Gasteiger partial charge is 0.246 e. The monoisotopic (exact) mass is 271 g/mol. The van der Waals surface area contributed by atoms with Crippen molar-refractivity contribution < 1.29 is 14.3 Å². The predicted octanol–water partition coefficient (Wildman–Crippen LogP) is 2.66. The van der Waals surface area contributed by atoms with Gasteiger partial charge in [0.1, 0.15) is 6.61 Å². The molecule has 1 aliphatic heterocycles. The van der Waals surface area contributed by atoms with Gasteiger partial charge < -0.3 is 14.8 Å². The van der Waals surface area contributed by atoms with Gasteiger partial charge in [-0.1, -0.05) is 13.8 Å². The van der Waals surface area contributed by atoms with E-state index < -0.39 is 0 Å². The summed E-state index contributed by atoms with van der Waals surface area (Å²) in [4.78, 5) is 11.9. The van der Waals surface area contributed by atoms with Gasteiger partial charge in [0.2, 0.25) is 5.91 Å². The maximum Gasteiger partial charge on any atom is 0.246 e. The molecule has 4 nitrogen and oxygen atoms in total. The van der Waals surface area contributed by atoms with Crippen LogP contribution in [-0.2, 0) is 14.3 Å². The van der Waals surface area contributed by atoms with Gasteiger partial charge in [0.25, 0.3) is 0 Å². The van der Waals surface area contributed by atoms with Gasteiger partial charge in [-0.3, -0.25) is 4.79 Å². The van der Waals surface area contributed by atoms with E-state index in [1.807, 2.05) is 20.8 Å². The van der Waals surface area contributed by atoms with Crippen LogP contribution in [0.25, 0.3) is 0 Å². The van der Waals surface area contributed by atoms with Crippen molar-refractivity contribution >= 4 is 5.91 Å².